The Labute approximate surface area is 208 Å². The molecule has 4 heterocycles. The zero-order valence-electron chi connectivity index (χ0n) is 19.9. The van der Waals surface area contributed by atoms with Crippen molar-refractivity contribution in [1.29, 1.82) is 0 Å². The van der Waals surface area contributed by atoms with Crippen LogP contribution in [0.3, 0.4) is 0 Å². The van der Waals surface area contributed by atoms with Crippen LogP contribution in [-0.2, 0) is 16.1 Å². The van der Waals surface area contributed by atoms with E-state index in [1.165, 1.54) is 0 Å². The highest BCUT2D eigenvalue weighted by atomic mass is 16.3. The molecule has 1 unspecified atom stereocenters. The lowest BCUT2D eigenvalue weighted by atomic mass is 10.0. The number of amides is 3. The fourth-order valence-electron chi connectivity index (χ4n) is 5.02. The summed E-state index contributed by atoms with van der Waals surface area (Å²) in [6, 6.07) is 6.31. The summed E-state index contributed by atoms with van der Waals surface area (Å²) in [6.45, 7) is 4.84. The number of allylic oxidation sites excluding steroid dienone is 1. The highest BCUT2D eigenvalue weighted by molar-refractivity contribution is 6.04. The lowest BCUT2D eigenvalue weighted by molar-refractivity contribution is -0.126. The number of nitrogens with zero attached hydrogens (tertiary/aromatic N) is 4. The monoisotopic (exact) mass is 491 g/mol. The topological polar surface area (TPSA) is 140 Å². The van der Waals surface area contributed by atoms with Crippen molar-refractivity contribution in [1.82, 2.24) is 20.2 Å². The number of benzene rings is 1. The minimum atomic E-state index is -0.561. The van der Waals surface area contributed by atoms with Crippen molar-refractivity contribution in [2.24, 2.45) is 0 Å². The summed E-state index contributed by atoms with van der Waals surface area (Å²) in [7, 11) is 0. The average Bonchev–Trinajstić information content (AvgIpc) is 3.48. The molecule has 0 aliphatic carbocycles. The summed E-state index contributed by atoms with van der Waals surface area (Å²) < 4.78 is 0. The predicted octanol–water partition coefficient (Wildman–Crippen LogP) is 1.24. The number of nitrogens with one attached hydrogen (secondary N) is 3. The number of rotatable bonds is 7. The molecular formula is C25H29N7O4. The van der Waals surface area contributed by atoms with Gasteiger partial charge in [0.05, 0.1) is 19.2 Å². The van der Waals surface area contributed by atoms with E-state index in [1.807, 2.05) is 4.90 Å². The van der Waals surface area contributed by atoms with E-state index in [-0.39, 0.29) is 43.5 Å². The van der Waals surface area contributed by atoms with Crippen LogP contribution < -0.4 is 20.9 Å². The van der Waals surface area contributed by atoms with Crippen LogP contribution in [0.25, 0.3) is 0 Å². The SMILES string of the molecule is C=C1CCC(N2Cc3c(NC(=O)CNc4ccnc(N5CCC[C@@H]5CO)n4)cccc3C2=O)C(=O)N1. The van der Waals surface area contributed by atoms with Gasteiger partial charge < -0.3 is 30.9 Å². The number of piperidine rings is 1. The third-order valence-electron chi connectivity index (χ3n) is 6.89. The second-order valence-corrected chi connectivity index (χ2v) is 9.23. The molecule has 1 aromatic carbocycles. The lowest BCUT2D eigenvalue weighted by Crippen LogP contribution is -2.49. The maximum absolute atomic E-state index is 13.0. The molecule has 11 nitrogen and oxygen atoms in total. The largest absolute Gasteiger partial charge is 0.394 e. The molecule has 3 amide bonds. The van der Waals surface area contributed by atoms with E-state index in [1.54, 1.807) is 35.4 Å². The highest BCUT2D eigenvalue weighted by Crippen LogP contribution is 2.32. The van der Waals surface area contributed by atoms with Gasteiger partial charge in [-0.25, -0.2) is 4.98 Å². The van der Waals surface area contributed by atoms with Crippen molar-refractivity contribution in [3.05, 3.63) is 53.9 Å². The van der Waals surface area contributed by atoms with E-state index < -0.39 is 6.04 Å². The van der Waals surface area contributed by atoms with Crippen molar-refractivity contribution in [3.63, 3.8) is 0 Å². The summed E-state index contributed by atoms with van der Waals surface area (Å²) >= 11 is 0. The van der Waals surface area contributed by atoms with E-state index in [4.69, 9.17) is 0 Å². The van der Waals surface area contributed by atoms with Crippen molar-refractivity contribution in [2.45, 2.75) is 44.3 Å². The number of aliphatic hydroxyl groups excluding tert-OH is 1. The first kappa shape index (κ1) is 23.7. The maximum atomic E-state index is 13.0. The van der Waals surface area contributed by atoms with Gasteiger partial charge in [-0.05, 0) is 43.9 Å². The zero-order chi connectivity index (χ0) is 25.2. The van der Waals surface area contributed by atoms with Crippen LogP contribution >= 0.6 is 0 Å². The molecule has 3 aliphatic rings. The van der Waals surface area contributed by atoms with Gasteiger partial charge in [0.15, 0.2) is 0 Å². The summed E-state index contributed by atoms with van der Waals surface area (Å²) in [5.74, 6) is 0.278. The van der Waals surface area contributed by atoms with Gasteiger partial charge >= 0.3 is 0 Å². The Morgan fingerprint density at radius 3 is 2.89 bits per heavy atom. The molecule has 2 aromatic rings. The Balaban J connectivity index is 1.23. The van der Waals surface area contributed by atoms with Gasteiger partial charge in [0.2, 0.25) is 17.8 Å². The van der Waals surface area contributed by atoms with Gasteiger partial charge in [-0.15, -0.1) is 0 Å². The highest BCUT2D eigenvalue weighted by Gasteiger charge is 2.39. The van der Waals surface area contributed by atoms with Crippen LogP contribution in [0.5, 0.6) is 0 Å². The number of aromatic nitrogens is 2. The lowest BCUT2D eigenvalue weighted by Gasteiger charge is -2.31. The molecule has 36 heavy (non-hydrogen) atoms. The minimum absolute atomic E-state index is 0.00417. The minimum Gasteiger partial charge on any atom is -0.394 e. The molecule has 0 radical (unpaired) electrons. The van der Waals surface area contributed by atoms with E-state index >= 15 is 0 Å². The van der Waals surface area contributed by atoms with Gasteiger partial charge in [0.25, 0.3) is 5.91 Å². The Bertz CT molecular complexity index is 1220. The Morgan fingerprint density at radius 1 is 1.22 bits per heavy atom. The number of carbonyl (C=O) groups is 3. The summed E-state index contributed by atoms with van der Waals surface area (Å²) in [6.07, 6.45) is 4.62. The zero-order valence-corrected chi connectivity index (χ0v) is 19.9. The quantitative estimate of drug-likeness (QED) is 0.454. The average molecular weight is 492 g/mol. The molecule has 0 saturated carbocycles. The predicted molar refractivity (Wildman–Crippen MR) is 133 cm³/mol. The Morgan fingerprint density at radius 2 is 2.08 bits per heavy atom. The van der Waals surface area contributed by atoms with E-state index in [9.17, 15) is 19.5 Å². The maximum Gasteiger partial charge on any atom is 0.255 e. The molecule has 0 bridgehead atoms. The number of carbonyl (C=O) groups excluding carboxylic acids is 3. The molecule has 2 atom stereocenters. The van der Waals surface area contributed by atoms with Gasteiger partial charge in [0, 0.05) is 41.8 Å². The summed E-state index contributed by atoms with van der Waals surface area (Å²) in [5.41, 5.74) is 2.39. The molecule has 11 heteroatoms. The van der Waals surface area contributed by atoms with Crippen molar-refractivity contribution >= 4 is 35.2 Å². The molecule has 5 rings (SSSR count). The van der Waals surface area contributed by atoms with Gasteiger partial charge in [-0.1, -0.05) is 12.6 Å². The van der Waals surface area contributed by atoms with E-state index in [0.717, 1.165) is 19.4 Å². The van der Waals surface area contributed by atoms with Crippen molar-refractivity contribution < 1.29 is 19.5 Å². The molecule has 0 spiro atoms. The van der Waals surface area contributed by atoms with Crippen LogP contribution in [0.2, 0.25) is 0 Å². The summed E-state index contributed by atoms with van der Waals surface area (Å²) in [4.78, 5) is 50.5. The second kappa shape index (κ2) is 9.94. The van der Waals surface area contributed by atoms with Crippen LogP contribution in [0, 0.1) is 0 Å². The molecule has 1 aromatic heterocycles. The number of aliphatic hydroxyl groups is 1. The van der Waals surface area contributed by atoms with Gasteiger partial charge in [0.1, 0.15) is 11.9 Å². The molecular weight excluding hydrogens is 462 g/mol. The van der Waals surface area contributed by atoms with Crippen molar-refractivity contribution in [3.8, 4) is 0 Å². The van der Waals surface area contributed by atoms with Crippen LogP contribution in [0.1, 0.15) is 41.6 Å². The summed E-state index contributed by atoms with van der Waals surface area (Å²) in [5, 5.41) is 18.2. The number of hydrogen-bond acceptors (Lipinski definition) is 8. The first-order chi connectivity index (χ1) is 17.4. The van der Waals surface area contributed by atoms with Crippen LogP contribution in [0.15, 0.2) is 42.7 Å². The number of fused-ring (bicyclic) bond motifs is 1. The second-order valence-electron chi connectivity index (χ2n) is 9.23. The third-order valence-corrected chi connectivity index (χ3v) is 6.89. The van der Waals surface area contributed by atoms with E-state index in [0.29, 0.717) is 47.1 Å². The molecule has 4 N–H and O–H groups in total. The van der Waals surface area contributed by atoms with Gasteiger partial charge in [-0.3, -0.25) is 14.4 Å². The van der Waals surface area contributed by atoms with Crippen LogP contribution in [-0.4, -0.2) is 69.5 Å². The van der Waals surface area contributed by atoms with Crippen molar-refractivity contribution in [2.75, 3.05) is 35.2 Å². The fourth-order valence-corrected chi connectivity index (χ4v) is 5.02. The number of hydrogen-bond donors (Lipinski definition) is 4. The molecule has 2 saturated heterocycles. The normalized spacial score (nSPS) is 21.4. The number of anilines is 3. The van der Waals surface area contributed by atoms with Crippen LogP contribution in [0.4, 0.5) is 17.5 Å². The molecule has 188 valence electrons. The van der Waals surface area contributed by atoms with Gasteiger partial charge in [-0.2, -0.15) is 4.98 Å². The Kier molecular flexibility index (Phi) is 6.55. The molecule has 2 fully saturated rings. The molecule has 3 aliphatic heterocycles. The Hall–Kier alpha value is -3.99. The van der Waals surface area contributed by atoms with E-state index in [2.05, 4.69) is 32.5 Å². The first-order valence-corrected chi connectivity index (χ1v) is 12.1. The first-order valence-electron chi connectivity index (χ1n) is 12.1. The standard InChI is InChI=1S/C25H29N7O4/c1-15-7-8-20(23(35)28-15)32-13-18-17(24(32)36)5-2-6-19(18)29-22(34)12-27-21-9-10-26-25(30-21)31-11-3-4-16(31)14-33/h2,5-6,9-10,16,20,33H,1,3-4,7-8,11-14H2,(H,28,35)(H,29,34)(H,26,27,30)/t16-,20?/m1/s1. The fraction of sp³-hybridized carbons (Fsp3) is 0.400. The smallest absolute Gasteiger partial charge is 0.255 e. The third kappa shape index (κ3) is 4.61.